The van der Waals surface area contributed by atoms with Gasteiger partial charge in [-0.05, 0) is 55.5 Å². The van der Waals surface area contributed by atoms with Crippen molar-refractivity contribution < 1.29 is 9.90 Å². The molecule has 3 rings (SSSR count). The number of hydrogen-bond acceptors (Lipinski definition) is 2. The first-order valence-corrected chi connectivity index (χ1v) is 8.79. The van der Waals surface area contributed by atoms with Crippen LogP contribution in [0.15, 0.2) is 54.6 Å². The Morgan fingerprint density at radius 3 is 2.33 bits per heavy atom. The molecule has 1 fully saturated rings. The maximum atomic E-state index is 13.2. The Kier molecular flexibility index (Phi) is 5.22. The van der Waals surface area contributed by atoms with Gasteiger partial charge in [-0.3, -0.25) is 4.79 Å². The summed E-state index contributed by atoms with van der Waals surface area (Å²) in [6.45, 7) is 2.54. The van der Waals surface area contributed by atoms with Gasteiger partial charge in [-0.1, -0.05) is 41.9 Å². The number of anilines is 1. The molecule has 0 aliphatic heterocycles. The molecular weight excluding hydrogens is 322 g/mol. The van der Waals surface area contributed by atoms with Gasteiger partial charge < -0.3 is 10.0 Å². The number of aliphatic hydroxyl groups excluding tert-OH is 1. The fraction of sp³-hybridized carbons (Fsp3) is 0.350. The van der Waals surface area contributed by atoms with E-state index in [4.69, 9.17) is 11.6 Å². The van der Waals surface area contributed by atoms with Gasteiger partial charge in [-0.2, -0.15) is 0 Å². The lowest BCUT2D eigenvalue weighted by Gasteiger charge is -2.29. The fourth-order valence-electron chi connectivity index (χ4n) is 3.17. The number of amides is 1. The van der Waals surface area contributed by atoms with E-state index in [-0.39, 0.29) is 11.8 Å². The molecule has 0 aromatic heterocycles. The van der Waals surface area contributed by atoms with E-state index in [1.54, 1.807) is 29.2 Å². The summed E-state index contributed by atoms with van der Waals surface area (Å²) in [5.41, 5.74) is 1.62. The van der Waals surface area contributed by atoms with Crippen molar-refractivity contribution in [1.29, 1.82) is 0 Å². The number of carbonyl (C=O) groups excluding carboxylic acids is 1. The molecule has 2 aromatic carbocycles. The summed E-state index contributed by atoms with van der Waals surface area (Å²) in [6.07, 6.45) is 1.18. The molecule has 126 valence electrons. The smallest absolute Gasteiger partial charge is 0.233 e. The largest absolute Gasteiger partial charge is 0.388 e. The molecule has 0 bridgehead atoms. The minimum Gasteiger partial charge on any atom is -0.388 e. The van der Waals surface area contributed by atoms with Crippen LogP contribution in [-0.4, -0.2) is 17.6 Å². The average molecular weight is 344 g/mol. The maximum Gasteiger partial charge on any atom is 0.233 e. The summed E-state index contributed by atoms with van der Waals surface area (Å²) < 4.78 is 0. The molecule has 2 atom stereocenters. The predicted molar refractivity (Wildman–Crippen MR) is 97.1 cm³/mol. The highest BCUT2D eigenvalue weighted by Gasteiger charge is 2.43. The molecule has 24 heavy (non-hydrogen) atoms. The molecule has 3 nitrogen and oxygen atoms in total. The van der Waals surface area contributed by atoms with Crippen LogP contribution in [0, 0.1) is 11.8 Å². The quantitative estimate of drug-likeness (QED) is 0.841. The molecule has 0 unspecified atom stereocenters. The van der Waals surface area contributed by atoms with Crippen LogP contribution >= 0.6 is 11.6 Å². The number of rotatable bonds is 6. The molecular formula is C20H22ClNO2. The number of carbonyl (C=O) groups is 1. The Morgan fingerprint density at radius 2 is 1.79 bits per heavy atom. The fourth-order valence-corrected chi connectivity index (χ4v) is 3.30. The van der Waals surface area contributed by atoms with Gasteiger partial charge in [0.1, 0.15) is 0 Å². The Labute approximate surface area is 147 Å². The van der Waals surface area contributed by atoms with Crippen molar-refractivity contribution in [2.45, 2.75) is 25.9 Å². The van der Waals surface area contributed by atoms with Crippen LogP contribution in [0.4, 0.5) is 5.69 Å². The number of benzene rings is 2. The maximum absolute atomic E-state index is 13.2. The average Bonchev–Trinajstić information content (AvgIpc) is 3.42. The Hall–Kier alpha value is -1.84. The van der Waals surface area contributed by atoms with Gasteiger partial charge in [0.2, 0.25) is 5.91 Å². The summed E-state index contributed by atoms with van der Waals surface area (Å²) in [6, 6.07) is 16.7. The van der Waals surface area contributed by atoms with Crippen molar-refractivity contribution in [3.8, 4) is 0 Å². The lowest BCUT2D eigenvalue weighted by atomic mass is 9.90. The first-order chi connectivity index (χ1) is 11.6. The van der Waals surface area contributed by atoms with E-state index in [9.17, 15) is 9.90 Å². The summed E-state index contributed by atoms with van der Waals surface area (Å²) in [5, 5.41) is 11.5. The third-order valence-electron chi connectivity index (χ3n) is 4.62. The van der Waals surface area contributed by atoms with Crippen LogP contribution in [0.25, 0.3) is 0 Å². The molecule has 1 aliphatic carbocycles. The molecule has 1 saturated carbocycles. The van der Waals surface area contributed by atoms with Crippen molar-refractivity contribution in [2.24, 2.45) is 11.8 Å². The molecule has 1 aliphatic rings. The zero-order valence-corrected chi connectivity index (χ0v) is 14.5. The van der Waals surface area contributed by atoms with Crippen LogP contribution in [-0.2, 0) is 4.79 Å². The second-order valence-electron chi connectivity index (χ2n) is 6.28. The lowest BCUT2D eigenvalue weighted by molar-refractivity contribution is -0.127. The second kappa shape index (κ2) is 7.37. The van der Waals surface area contributed by atoms with Crippen LogP contribution in [0.3, 0.4) is 0 Å². The van der Waals surface area contributed by atoms with Gasteiger partial charge in [0.25, 0.3) is 0 Å². The van der Waals surface area contributed by atoms with Crippen molar-refractivity contribution in [3.05, 3.63) is 65.2 Å². The molecule has 0 radical (unpaired) electrons. The number of para-hydroxylation sites is 1. The molecule has 1 amide bonds. The highest BCUT2D eigenvalue weighted by molar-refractivity contribution is 6.30. The third kappa shape index (κ3) is 3.63. The number of hydrogen-bond donors (Lipinski definition) is 1. The summed E-state index contributed by atoms with van der Waals surface area (Å²) >= 11 is 5.93. The number of halogens is 1. The normalized spacial score (nSPS) is 16.5. The molecule has 2 aromatic rings. The predicted octanol–water partition coefficient (Wildman–Crippen LogP) is 4.45. The zero-order valence-electron chi connectivity index (χ0n) is 13.7. The van der Waals surface area contributed by atoms with E-state index in [0.29, 0.717) is 11.6 Å². The molecule has 0 spiro atoms. The highest BCUT2D eigenvalue weighted by atomic mass is 35.5. The van der Waals surface area contributed by atoms with Crippen LogP contribution in [0.2, 0.25) is 5.02 Å². The van der Waals surface area contributed by atoms with Crippen LogP contribution < -0.4 is 4.90 Å². The van der Waals surface area contributed by atoms with Crippen molar-refractivity contribution in [2.75, 3.05) is 11.4 Å². The summed E-state index contributed by atoms with van der Waals surface area (Å²) in [5.74, 6) is -0.166. The summed E-state index contributed by atoms with van der Waals surface area (Å²) in [4.78, 5) is 14.9. The van der Waals surface area contributed by atoms with Gasteiger partial charge >= 0.3 is 0 Å². The first-order valence-electron chi connectivity index (χ1n) is 8.41. The lowest BCUT2D eigenvalue weighted by Crippen LogP contribution is -2.39. The SMILES string of the molecule is CCN(C(=O)[C@@H](C1CC1)[C@@H](O)c1ccc(Cl)cc1)c1ccccc1. The Balaban J connectivity index is 1.87. The van der Waals surface area contributed by atoms with Gasteiger partial charge in [0.15, 0.2) is 0 Å². The second-order valence-corrected chi connectivity index (χ2v) is 6.71. The minimum atomic E-state index is -0.806. The third-order valence-corrected chi connectivity index (χ3v) is 4.87. The first kappa shape index (κ1) is 17.0. The van der Waals surface area contributed by atoms with E-state index in [0.717, 1.165) is 24.1 Å². The standard InChI is InChI=1S/C20H22ClNO2/c1-2-22(17-6-4-3-5-7-17)20(24)18(14-8-9-14)19(23)15-10-12-16(21)13-11-15/h3-7,10-14,18-19,23H,2,8-9H2,1H3/t18-,19-/m0/s1. The van der Waals surface area contributed by atoms with Gasteiger partial charge in [-0.15, -0.1) is 0 Å². The van der Waals surface area contributed by atoms with Crippen molar-refractivity contribution in [1.82, 2.24) is 0 Å². The zero-order chi connectivity index (χ0) is 17.1. The van der Waals surface area contributed by atoms with Gasteiger partial charge in [-0.25, -0.2) is 0 Å². The van der Waals surface area contributed by atoms with Crippen molar-refractivity contribution >= 4 is 23.2 Å². The number of nitrogens with zero attached hydrogens (tertiary/aromatic N) is 1. The van der Waals surface area contributed by atoms with Gasteiger partial charge in [0.05, 0.1) is 12.0 Å². The van der Waals surface area contributed by atoms with Crippen LogP contribution in [0.5, 0.6) is 0 Å². The number of aliphatic hydroxyl groups is 1. The molecule has 4 heteroatoms. The van der Waals surface area contributed by atoms with Gasteiger partial charge in [0, 0.05) is 17.3 Å². The van der Waals surface area contributed by atoms with E-state index in [1.165, 1.54) is 0 Å². The highest BCUT2D eigenvalue weighted by Crippen LogP contribution is 2.44. The van der Waals surface area contributed by atoms with Crippen LogP contribution in [0.1, 0.15) is 31.4 Å². The van der Waals surface area contributed by atoms with E-state index >= 15 is 0 Å². The summed E-state index contributed by atoms with van der Waals surface area (Å²) in [7, 11) is 0. The molecule has 0 saturated heterocycles. The van der Waals surface area contributed by atoms with E-state index < -0.39 is 12.0 Å². The van der Waals surface area contributed by atoms with E-state index in [2.05, 4.69) is 0 Å². The molecule has 1 N–H and O–H groups in total. The Morgan fingerprint density at radius 1 is 1.17 bits per heavy atom. The molecule has 0 heterocycles. The minimum absolute atomic E-state index is 0.00588. The van der Waals surface area contributed by atoms with Crippen molar-refractivity contribution in [3.63, 3.8) is 0 Å². The monoisotopic (exact) mass is 343 g/mol. The Bertz CT molecular complexity index is 683. The van der Waals surface area contributed by atoms with E-state index in [1.807, 2.05) is 37.3 Å². The topological polar surface area (TPSA) is 40.5 Å².